The summed E-state index contributed by atoms with van der Waals surface area (Å²) in [5, 5.41) is 39.3. The van der Waals surface area contributed by atoms with Crippen LogP contribution in [0, 0.1) is 19.9 Å². The van der Waals surface area contributed by atoms with Gasteiger partial charge in [-0.3, -0.25) is 9.11 Å². The van der Waals surface area contributed by atoms with Crippen LogP contribution in [-0.2, 0) is 77.8 Å². The number of sulfone groups is 2. The van der Waals surface area contributed by atoms with Crippen molar-refractivity contribution in [2.24, 2.45) is 20.5 Å². The molecule has 4 rings (SSSR count). The number of nitrogens with one attached hydrogen (secondary N) is 1. The Kier molecular flexibility index (Phi) is 35.1. The van der Waals surface area contributed by atoms with Crippen molar-refractivity contribution < 1.29 is 253 Å². The van der Waals surface area contributed by atoms with Crippen molar-refractivity contribution in [2.75, 3.05) is 22.7 Å². The van der Waals surface area contributed by atoms with Crippen LogP contribution >= 0.6 is 0 Å². The minimum absolute atomic E-state index is 0. The number of anilines is 1. The van der Waals surface area contributed by atoms with Gasteiger partial charge >= 0.3 is 148 Å². The molecule has 0 saturated heterocycles. The first-order valence-electron chi connectivity index (χ1n) is 14.3. The van der Waals surface area contributed by atoms with E-state index >= 15 is 0 Å². The van der Waals surface area contributed by atoms with Crippen LogP contribution in [0.15, 0.2) is 89.7 Å². The zero-order valence-corrected chi connectivity index (χ0v) is 49.4. The molecule has 5 N–H and O–H groups in total. The molecule has 0 bridgehead atoms. The summed E-state index contributed by atoms with van der Waals surface area (Å²) in [7, 11) is -27.8. The second-order valence-electron chi connectivity index (χ2n) is 10.4. The molecule has 0 fully saturated rings. The number of benzene rings is 4. The van der Waals surface area contributed by atoms with E-state index in [1.54, 1.807) is 0 Å². The van der Waals surface area contributed by atoms with Gasteiger partial charge in [-0.1, -0.05) is 28.3 Å². The first-order chi connectivity index (χ1) is 26.3. The molecule has 0 unspecified atom stereocenters. The van der Waals surface area contributed by atoms with Gasteiger partial charge in [0.15, 0.2) is 25.4 Å². The topological polar surface area (TPSA) is 439 Å². The predicted octanol–water partition coefficient (Wildman–Crippen LogP) is -13.1. The average Bonchev–Trinajstić information content (AvgIpc) is 3.08. The standard InChI is InChI=1S/C27H24N5O12S4.Cu.5Na.2H2O4S/c1-3-45(35,36)17-7-5-16(6-8-17)29-32-25-19-9-12-22(26(33)20(19)10-11-21(25)28-15-47(39,40)41)30-31-23-13-18(46(37,38)4-2)14-24(27(23)34)48(42,43)44;;;;;;;2*1-5(2,3)4/h5-11,13-14,28,33-34H,1-4,15H2,(H,39,40,41)(H,42,43,44);;;;;;;2*(H2,1,2,3,4)/q-3;;5*+1;;/p-4. The number of nitrogens with zero attached hydrogens (tertiary/aromatic N) is 4. The van der Waals surface area contributed by atoms with Crippen LogP contribution in [0.5, 0.6) is 11.5 Å². The number of hydrogen-bond acceptors (Lipinski definition) is 23. The van der Waals surface area contributed by atoms with Gasteiger partial charge in [0.1, 0.15) is 31.8 Å². The van der Waals surface area contributed by atoms with Crippen molar-refractivity contribution in [1.82, 2.24) is 0 Å². The van der Waals surface area contributed by atoms with Crippen LogP contribution < -0.4 is 153 Å². The van der Waals surface area contributed by atoms with Gasteiger partial charge in [0.05, 0.1) is 31.7 Å². The normalized spacial score (nSPS) is 11.6. The number of azo groups is 2. The summed E-state index contributed by atoms with van der Waals surface area (Å²) in [6.07, 6.45) is 0. The quantitative estimate of drug-likeness (QED) is 0.0289. The maximum Gasteiger partial charge on any atom is 1.00 e. The molecule has 0 heterocycles. The van der Waals surface area contributed by atoms with Crippen molar-refractivity contribution in [2.45, 2.75) is 14.7 Å². The summed E-state index contributed by atoms with van der Waals surface area (Å²) in [6.45, 7) is 6.61. The van der Waals surface area contributed by atoms with E-state index in [9.17, 15) is 53.0 Å². The van der Waals surface area contributed by atoms with E-state index in [1.165, 1.54) is 42.5 Å². The molecule has 331 valence electrons. The van der Waals surface area contributed by atoms with Crippen LogP contribution in [0.2, 0.25) is 0 Å². The Morgan fingerprint density at radius 1 is 0.609 bits per heavy atom. The third-order valence-electron chi connectivity index (χ3n) is 6.40. The van der Waals surface area contributed by atoms with Gasteiger partial charge in [0.2, 0.25) is 20.8 Å². The molecule has 0 aliphatic heterocycles. The first kappa shape index (κ1) is 73.7. The minimum atomic E-state index is -5.38. The number of hydrogen-bond donors (Lipinski definition) is 5. The van der Waals surface area contributed by atoms with Crippen LogP contribution in [0.3, 0.4) is 0 Å². The second-order valence-corrected chi connectivity index (χ2v) is 19.1. The Morgan fingerprint density at radius 3 is 1.52 bits per heavy atom. The molecular weight excluding hydrogens is 1090 g/mol. The molecule has 0 saturated carbocycles. The van der Waals surface area contributed by atoms with E-state index in [0.717, 1.165) is 6.07 Å². The minimum Gasteiger partial charge on any atom is -0.747 e. The second kappa shape index (κ2) is 30.5. The molecule has 64 heavy (non-hydrogen) atoms. The molecule has 0 aliphatic carbocycles. The third-order valence-corrected chi connectivity index (χ3v) is 10.8. The van der Waals surface area contributed by atoms with Gasteiger partial charge in [-0.2, -0.15) is 27.5 Å². The van der Waals surface area contributed by atoms with Gasteiger partial charge in [-0.15, -0.1) is 5.11 Å². The number of aromatic hydroxyl groups is 2. The van der Waals surface area contributed by atoms with Crippen LogP contribution in [0.25, 0.3) is 10.8 Å². The number of phenols is 2. The SMILES string of the molecule is O=S(=O)([O-])O.O=S(=O)([O-])O.[CH2-]CS(=O)(=O)c1ccc(N=Nc2c(NCS(=O)(=O)[O-])ccc3c(O)c(N=Nc4cc(S(=O)(=O)C[CH2-])cc(S(=O)(=O)[O-])c4O)[c-]cc23)cc1.[Cu].[Na+].[Na+].[Na+].[Na+].[Na+]. The molecule has 4 aromatic carbocycles. The Morgan fingerprint density at radius 2 is 1.08 bits per heavy atom. The Hall–Kier alpha value is 0.719. The maximum atomic E-state index is 12.3. The van der Waals surface area contributed by atoms with E-state index in [1.807, 2.05) is 0 Å². The maximum absolute atomic E-state index is 12.3. The van der Waals surface area contributed by atoms with Crippen LogP contribution in [0.4, 0.5) is 28.4 Å². The Balaban J connectivity index is -0.000000654. The Labute approximate surface area is 489 Å². The van der Waals surface area contributed by atoms with Crippen molar-refractivity contribution in [3.05, 3.63) is 74.5 Å². The molecule has 0 amide bonds. The summed E-state index contributed by atoms with van der Waals surface area (Å²) in [6, 6.07) is 12.7. The van der Waals surface area contributed by atoms with E-state index < -0.39 is 105 Å². The fourth-order valence-electron chi connectivity index (χ4n) is 3.97. The van der Waals surface area contributed by atoms with Crippen LogP contribution in [0.1, 0.15) is 0 Å². The van der Waals surface area contributed by atoms with E-state index in [-0.39, 0.29) is 203 Å². The fraction of sp³-hybridized carbons (Fsp3) is 0.111. The summed E-state index contributed by atoms with van der Waals surface area (Å²) in [4.78, 5) is -1.99. The molecule has 0 aromatic heterocycles. The number of rotatable bonds is 12. The van der Waals surface area contributed by atoms with Crippen LogP contribution in [-0.4, -0.2) is 105 Å². The summed E-state index contributed by atoms with van der Waals surface area (Å²) in [5.41, 5.74) is -1.14. The van der Waals surface area contributed by atoms with E-state index in [0.29, 0.717) is 6.07 Å². The molecule has 0 spiro atoms. The number of phenolic OH excluding ortho intramolecular Hbond substituents is 2. The zero-order valence-electron chi connectivity index (χ0n) is 33.6. The smallest absolute Gasteiger partial charge is 0.747 e. The first-order valence-corrected chi connectivity index (χ1v) is 23.3. The summed E-state index contributed by atoms with van der Waals surface area (Å²) < 4.78 is 183. The van der Waals surface area contributed by atoms with E-state index in [4.69, 9.17) is 35.0 Å². The molecule has 0 aliphatic rings. The van der Waals surface area contributed by atoms with Gasteiger partial charge < -0.3 is 47.6 Å². The van der Waals surface area contributed by atoms with Crippen molar-refractivity contribution >= 4 is 99.9 Å². The van der Waals surface area contributed by atoms with E-state index in [2.05, 4.69) is 45.7 Å². The molecular formula is C27H24CuN5Na5O20S6-2. The molecule has 37 heteroatoms. The zero-order chi connectivity index (χ0) is 44.7. The molecule has 4 aromatic rings. The van der Waals surface area contributed by atoms with Crippen molar-refractivity contribution in [1.29, 1.82) is 0 Å². The van der Waals surface area contributed by atoms with Crippen molar-refractivity contribution in [3.8, 4) is 11.5 Å². The molecule has 25 nitrogen and oxygen atoms in total. The van der Waals surface area contributed by atoms with Crippen molar-refractivity contribution in [3.63, 3.8) is 0 Å². The van der Waals surface area contributed by atoms with Gasteiger partial charge in [-0.25, -0.2) is 50.5 Å². The predicted molar refractivity (Wildman–Crippen MR) is 193 cm³/mol. The largest absolute Gasteiger partial charge is 1.00 e. The van der Waals surface area contributed by atoms with Gasteiger partial charge in [-0.05, 0) is 42.5 Å². The summed E-state index contributed by atoms with van der Waals surface area (Å²) >= 11 is 0. The monoisotopic (exact) mass is 1110 g/mol. The Bertz CT molecular complexity index is 2910. The number of fused-ring (bicyclic) bond motifs is 1. The van der Waals surface area contributed by atoms with Gasteiger partial charge in [0.25, 0.3) is 0 Å². The molecule has 0 atom stereocenters. The average molecular weight is 1110 g/mol. The fourth-order valence-corrected chi connectivity index (χ4v) is 6.60. The summed E-state index contributed by atoms with van der Waals surface area (Å²) in [5.74, 6) is -3.99. The third kappa shape index (κ3) is 25.5. The molecule has 1 radical (unpaired) electrons. The van der Waals surface area contributed by atoms with Gasteiger partial charge in [0, 0.05) is 28.5 Å².